The summed E-state index contributed by atoms with van der Waals surface area (Å²) in [6.45, 7) is 0.855. The summed E-state index contributed by atoms with van der Waals surface area (Å²) in [5.41, 5.74) is 1.79. The van der Waals surface area contributed by atoms with E-state index in [1.165, 1.54) is 12.8 Å². The van der Waals surface area contributed by atoms with Crippen LogP contribution in [0.5, 0.6) is 5.75 Å². The molecule has 0 saturated heterocycles. The van der Waals surface area contributed by atoms with Crippen LogP contribution in [0.3, 0.4) is 0 Å². The smallest absolute Gasteiger partial charge is 0.192 e. The Labute approximate surface area is 165 Å². The Balaban J connectivity index is 1.64. The van der Waals surface area contributed by atoms with Crippen LogP contribution in [0.2, 0.25) is 0 Å². The number of benzene rings is 2. The first kappa shape index (κ1) is 18.8. The fraction of sp³-hybridized carbons (Fsp3) is 0.375. The molecule has 1 aromatic heterocycles. The zero-order valence-electron chi connectivity index (χ0n) is 16.3. The van der Waals surface area contributed by atoms with Crippen molar-refractivity contribution in [1.82, 2.24) is 5.32 Å². The molecule has 4 rings (SSSR count). The molecular weight excluding hydrogens is 350 g/mol. The summed E-state index contributed by atoms with van der Waals surface area (Å²) < 4.78 is 12.5. The van der Waals surface area contributed by atoms with Crippen molar-refractivity contribution in [2.24, 2.45) is 0 Å². The van der Waals surface area contributed by atoms with Crippen LogP contribution in [0.1, 0.15) is 55.4 Å². The zero-order chi connectivity index (χ0) is 19.3. The zero-order valence-corrected chi connectivity index (χ0v) is 16.3. The van der Waals surface area contributed by atoms with E-state index in [1.807, 2.05) is 43.4 Å². The van der Waals surface area contributed by atoms with Gasteiger partial charge in [-0.3, -0.25) is 4.79 Å². The van der Waals surface area contributed by atoms with E-state index in [-0.39, 0.29) is 11.5 Å². The molecule has 3 aromatic rings. The Bertz CT molecular complexity index is 974. The third-order valence-corrected chi connectivity index (χ3v) is 5.58. The van der Waals surface area contributed by atoms with E-state index in [0.29, 0.717) is 16.9 Å². The molecule has 4 nitrogen and oxygen atoms in total. The summed E-state index contributed by atoms with van der Waals surface area (Å²) in [5, 5.41) is 3.80. The first-order valence-corrected chi connectivity index (χ1v) is 10.2. The van der Waals surface area contributed by atoms with Gasteiger partial charge in [-0.15, -0.1) is 0 Å². The molecule has 1 aliphatic carbocycles. The lowest BCUT2D eigenvalue weighted by molar-refractivity contribution is 0.195. The van der Waals surface area contributed by atoms with Gasteiger partial charge in [0, 0.05) is 24.5 Å². The largest absolute Gasteiger partial charge is 0.486 e. The summed E-state index contributed by atoms with van der Waals surface area (Å²) in [7, 11) is 1.94. The van der Waals surface area contributed by atoms with Crippen LogP contribution in [-0.2, 0) is 0 Å². The predicted molar refractivity (Wildman–Crippen MR) is 112 cm³/mol. The van der Waals surface area contributed by atoms with Gasteiger partial charge in [-0.1, -0.05) is 43.2 Å². The van der Waals surface area contributed by atoms with Crippen molar-refractivity contribution in [3.63, 3.8) is 0 Å². The van der Waals surface area contributed by atoms with E-state index >= 15 is 0 Å². The molecule has 1 aliphatic rings. The maximum Gasteiger partial charge on any atom is 0.192 e. The number of hydrogen-bond acceptors (Lipinski definition) is 4. The molecular formula is C24H27NO3. The van der Waals surface area contributed by atoms with Gasteiger partial charge >= 0.3 is 0 Å². The number of ether oxygens (including phenoxy) is 1. The summed E-state index contributed by atoms with van der Waals surface area (Å²) >= 11 is 0. The van der Waals surface area contributed by atoms with Crippen LogP contribution in [0.25, 0.3) is 11.0 Å². The van der Waals surface area contributed by atoms with Crippen molar-refractivity contribution < 1.29 is 9.15 Å². The third-order valence-electron chi connectivity index (χ3n) is 5.58. The first-order chi connectivity index (χ1) is 13.7. The van der Waals surface area contributed by atoms with Gasteiger partial charge in [-0.05, 0) is 44.1 Å². The van der Waals surface area contributed by atoms with Gasteiger partial charge in [0.2, 0.25) is 0 Å². The highest BCUT2D eigenvalue weighted by Crippen LogP contribution is 2.35. The number of hydrogen-bond donors (Lipinski definition) is 1. The van der Waals surface area contributed by atoms with E-state index in [4.69, 9.17) is 9.15 Å². The Kier molecular flexibility index (Phi) is 5.77. The molecule has 1 atom stereocenters. The monoisotopic (exact) mass is 377 g/mol. The van der Waals surface area contributed by atoms with Crippen LogP contribution in [0, 0.1) is 0 Å². The van der Waals surface area contributed by atoms with Crippen molar-refractivity contribution in [1.29, 1.82) is 0 Å². The van der Waals surface area contributed by atoms with Crippen LogP contribution in [-0.4, -0.2) is 13.6 Å². The Morgan fingerprint density at radius 2 is 1.89 bits per heavy atom. The number of fused-ring (bicyclic) bond motifs is 1. The molecule has 0 amide bonds. The van der Waals surface area contributed by atoms with E-state index < -0.39 is 0 Å². The quantitative estimate of drug-likeness (QED) is 0.616. The number of nitrogens with one attached hydrogen (secondary N) is 1. The van der Waals surface area contributed by atoms with Crippen LogP contribution in [0.4, 0.5) is 0 Å². The van der Waals surface area contributed by atoms with Crippen LogP contribution in [0.15, 0.2) is 63.8 Å². The van der Waals surface area contributed by atoms with Gasteiger partial charge < -0.3 is 14.5 Å². The highest BCUT2D eigenvalue weighted by atomic mass is 16.5. The van der Waals surface area contributed by atoms with E-state index in [0.717, 1.165) is 42.9 Å². The summed E-state index contributed by atoms with van der Waals surface area (Å²) in [4.78, 5) is 12.5. The van der Waals surface area contributed by atoms with Gasteiger partial charge in [0.15, 0.2) is 5.43 Å². The minimum absolute atomic E-state index is 0.0319. The fourth-order valence-electron chi connectivity index (χ4n) is 4.04. The van der Waals surface area contributed by atoms with E-state index in [9.17, 15) is 4.79 Å². The topological polar surface area (TPSA) is 51.5 Å². The molecule has 1 fully saturated rings. The first-order valence-electron chi connectivity index (χ1n) is 10.2. The Morgan fingerprint density at radius 3 is 2.64 bits per heavy atom. The highest BCUT2D eigenvalue weighted by molar-refractivity contribution is 5.78. The Morgan fingerprint density at radius 1 is 1.11 bits per heavy atom. The molecule has 2 aromatic carbocycles. The summed E-state index contributed by atoms with van der Waals surface area (Å²) in [6.07, 6.45) is 5.41. The average Bonchev–Trinajstić information content (AvgIpc) is 3.26. The van der Waals surface area contributed by atoms with E-state index in [2.05, 4.69) is 17.4 Å². The highest BCUT2D eigenvalue weighted by Gasteiger charge is 2.21. The molecule has 146 valence electrons. The maximum atomic E-state index is 12.5. The lowest BCUT2D eigenvalue weighted by Crippen LogP contribution is -2.16. The molecule has 0 aliphatic heterocycles. The van der Waals surface area contributed by atoms with Crippen molar-refractivity contribution in [2.75, 3.05) is 13.6 Å². The minimum atomic E-state index is -0.0594. The average molecular weight is 377 g/mol. The third kappa shape index (κ3) is 4.12. The molecule has 4 heteroatoms. The molecule has 1 unspecified atom stereocenters. The SMILES string of the molecule is CNCCC(Oc1ccc2c(=O)cc(C3CCCC3)oc2c1)c1ccccc1. The molecule has 1 heterocycles. The molecule has 0 spiro atoms. The van der Waals surface area contributed by atoms with Gasteiger partial charge in [-0.2, -0.15) is 0 Å². The number of rotatable bonds is 7. The van der Waals surface area contributed by atoms with Gasteiger partial charge in [0.05, 0.1) is 5.39 Å². The van der Waals surface area contributed by atoms with Crippen molar-refractivity contribution >= 4 is 11.0 Å². The lowest BCUT2D eigenvalue weighted by Gasteiger charge is -2.20. The van der Waals surface area contributed by atoms with Crippen molar-refractivity contribution in [3.8, 4) is 5.75 Å². The second-order valence-corrected chi connectivity index (χ2v) is 7.56. The summed E-state index contributed by atoms with van der Waals surface area (Å²) in [6, 6.07) is 17.5. The van der Waals surface area contributed by atoms with Gasteiger partial charge in [0.1, 0.15) is 23.2 Å². The Hall–Kier alpha value is -2.59. The second-order valence-electron chi connectivity index (χ2n) is 7.56. The summed E-state index contributed by atoms with van der Waals surface area (Å²) in [5.74, 6) is 1.92. The maximum absolute atomic E-state index is 12.5. The molecule has 0 radical (unpaired) electrons. The molecule has 28 heavy (non-hydrogen) atoms. The standard InChI is InChI=1S/C24H27NO3/c1-25-14-13-22(17-7-3-2-4-8-17)27-19-11-12-20-21(26)16-23(28-24(20)15-19)18-9-5-6-10-18/h2-4,7-8,11-12,15-16,18,22,25H,5-6,9-10,13-14H2,1H3. The second kappa shape index (κ2) is 8.61. The van der Waals surface area contributed by atoms with Crippen LogP contribution < -0.4 is 15.5 Å². The van der Waals surface area contributed by atoms with Crippen LogP contribution >= 0.6 is 0 Å². The minimum Gasteiger partial charge on any atom is -0.486 e. The lowest BCUT2D eigenvalue weighted by atomic mass is 10.0. The predicted octanol–water partition coefficient (Wildman–Crippen LogP) is 5.18. The van der Waals surface area contributed by atoms with Gasteiger partial charge in [0.25, 0.3) is 0 Å². The normalized spacial score (nSPS) is 15.8. The molecule has 0 bridgehead atoms. The van der Waals surface area contributed by atoms with Crippen molar-refractivity contribution in [3.05, 3.63) is 76.1 Å². The van der Waals surface area contributed by atoms with Crippen molar-refractivity contribution in [2.45, 2.75) is 44.1 Å². The van der Waals surface area contributed by atoms with Gasteiger partial charge in [-0.25, -0.2) is 0 Å². The van der Waals surface area contributed by atoms with E-state index in [1.54, 1.807) is 6.07 Å². The molecule has 1 saturated carbocycles. The fourth-order valence-corrected chi connectivity index (χ4v) is 4.04. The molecule has 1 N–H and O–H groups in total.